The Labute approximate surface area is 485 Å². The van der Waals surface area contributed by atoms with E-state index in [0.717, 1.165) is 66.1 Å². The summed E-state index contributed by atoms with van der Waals surface area (Å²) in [6.45, 7) is 9.21. The van der Waals surface area contributed by atoms with Gasteiger partial charge in [-0.05, 0) is 99.0 Å². The summed E-state index contributed by atoms with van der Waals surface area (Å²) in [6.07, 6.45) is 21.0. The Hall–Kier alpha value is -10.9. The molecule has 0 bridgehead atoms. The summed E-state index contributed by atoms with van der Waals surface area (Å²) in [7, 11) is 1.87. The molecule has 0 aliphatic carbocycles. The molecule has 0 aromatic carbocycles. The number of fused-ring (bicyclic) bond motifs is 6. The van der Waals surface area contributed by atoms with Gasteiger partial charge in [0, 0.05) is 102 Å². The second-order valence-corrected chi connectivity index (χ2v) is 21.0. The van der Waals surface area contributed by atoms with E-state index in [1.807, 2.05) is 97.5 Å². The van der Waals surface area contributed by atoms with Crippen LogP contribution in [0.2, 0.25) is 0 Å². The number of pyridine rings is 3. The molecule has 0 N–H and O–H groups in total. The number of rotatable bonds is 14. The topological polar surface area (TPSA) is 245 Å². The fraction of sp³-hybridized carbons (Fsp3) is 0.224. The number of halogens is 3. The van der Waals surface area contributed by atoms with Crippen molar-refractivity contribution < 1.29 is 17.9 Å². The lowest BCUT2D eigenvalue weighted by atomic mass is 10.2. The van der Waals surface area contributed by atoms with Crippen molar-refractivity contribution in [1.29, 1.82) is 0 Å². The van der Waals surface area contributed by atoms with Gasteiger partial charge >= 0.3 is 6.18 Å². The lowest BCUT2D eigenvalue weighted by molar-refractivity contribution is -0.142. The summed E-state index contributed by atoms with van der Waals surface area (Å²) < 4.78 is 59.3. The van der Waals surface area contributed by atoms with Crippen molar-refractivity contribution in [1.82, 2.24) is 117 Å². The third kappa shape index (κ3) is 11.7. The Balaban J connectivity index is 0.000000120. The van der Waals surface area contributed by atoms with Gasteiger partial charge in [-0.25, -0.2) is 43.9 Å². The largest absolute Gasteiger partial charge is 0.408 e. The summed E-state index contributed by atoms with van der Waals surface area (Å²) >= 11 is 0. The molecule has 28 heteroatoms. The maximum atomic E-state index is 12.5. The average molecular weight is 1160 g/mol. The summed E-state index contributed by atoms with van der Waals surface area (Å²) in [5.41, 5.74) is 15.0. The average Bonchev–Trinajstić information content (AvgIpc) is 3.65. The first kappa shape index (κ1) is 54.4. The highest BCUT2D eigenvalue weighted by molar-refractivity contribution is 5.72. The van der Waals surface area contributed by atoms with Gasteiger partial charge in [-0.3, -0.25) is 14.0 Å². The first-order chi connectivity index (χ1) is 41.7. The molecule has 0 fully saturated rings. The van der Waals surface area contributed by atoms with E-state index >= 15 is 0 Å². The molecule has 15 aromatic heterocycles. The van der Waals surface area contributed by atoms with E-state index in [2.05, 4.69) is 144 Å². The molecular formula is C58H53F3N24O. The maximum absolute atomic E-state index is 12.5. The van der Waals surface area contributed by atoms with Crippen LogP contribution in [0.15, 0.2) is 160 Å². The predicted octanol–water partition coefficient (Wildman–Crippen LogP) is 8.76. The van der Waals surface area contributed by atoms with Crippen molar-refractivity contribution in [2.24, 2.45) is 7.05 Å². The van der Waals surface area contributed by atoms with Gasteiger partial charge in [-0.15, -0.1) is 15.3 Å². The molecule has 0 saturated carbocycles. The van der Waals surface area contributed by atoms with Crippen molar-refractivity contribution in [3.8, 4) is 33.8 Å². The van der Waals surface area contributed by atoms with E-state index in [1.54, 1.807) is 37.3 Å². The van der Waals surface area contributed by atoms with Crippen LogP contribution in [0.1, 0.15) is 56.1 Å². The second kappa shape index (κ2) is 22.7. The Morgan fingerprint density at radius 1 is 0.500 bits per heavy atom. The second-order valence-electron chi connectivity index (χ2n) is 21.0. The van der Waals surface area contributed by atoms with Crippen LogP contribution in [0.25, 0.3) is 84.2 Å². The first-order valence-electron chi connectivity index (χ1n) is 27.3. The van der Waals surface area contributed by atoms with Gasteiger partial charge in [-0.2, -0.15) is 28.5 Å². The van der Waals surface area contributed by atoms with Crippen LogP contribution in [0.5, 0.6) is 0 Å². The summed E-state index contributed by atoms with van der Waals surface area (Å²) in [6, 6.07) is 24.9. The Morgan fingerprint density at radius 2 is 0.977 bits per heavy atom. The molecule has 0 amide bonds. The van der Waals surface area contributed by atoms with E-state index in [4.69, 9.17) is 14.7 Å². The van der Waals surface area contributed by atoms with Gasteiger partial charge in [0.25, 0.3) is 0 Å². The normalized spacial score (nSPS) is 12.0. The standard InChI is InChI=1S/C21H22N8O.C19H18N8.C18H13F3N8/c1-14(2)30-13-18-7-6-17-5-4-15(10-28(17)18)11-29-21-20(25-26-29)22-9-19(24-21)16-8-23-27(3)12-16;1-13(2)26-12-15(8-21-26)17-9-20-18-19(22-17)27(24-23-18)11-14-5-6-16-4-3-7-25(16)10-14;19-18(20,21)11-28-10-13(6-23-28)15-7-22-16-17(24-15)29(26-25-16)9-12-3-4-14-2-1-5-27(14)8-12/h4-10,12,14H,11,13H2,1-3H3;3-10,12-13H,11H2,1-2H3;1-8,10H,9,11H2. The molecule has 0 radical (unpaired) electrons. The van der Waals surface area contributed by atoms with Gasteiger partial charge in [-0.1, -0.05) is 33.8 Å². The van der Waals surface area contributed by atoms with Crippen LogP contribution in [0.3, 0.4) is 0 Å². The fourth-order valence-electron chi connectivity index (χ4n) is 9.61. The first-order valence-corrected chi connectivity index (χ1v) is 27.3. The molecule has 15 rings (SSSR count). The lowest BCUT2D eigenvalue weighted by Gasteiger charge is -2.09. The summed E-state index contributed by atoms with van der Waals surface area (Å²) in [4.78, 5) is 27.0. The maximum Gasteiger partial charge on any atom is 0.408 e. The molecule has 0 saturated heterocycles. The predicted molar refractivity (Wildman–Crippen MR) is 310 cm³/mol. The monoisotopic (exact) mass is 1160 g/mol. The SMILES string of the molecule is CC(C)OCc1ccc2ccc(Cn3nnc4ncc(-c5cnn(C)c5)nc43)cn12.CC(C)n1cc(-c2cnc3nnn(Cc4ccc5cccn5c4)c3n2)cn1.FC(F)(F)Cn1cc(-c2cnc3nnn(Cc4ccc5cccn5c4)c3n2)cn1. The zero-order chi connectivity index (χ0) is 59.1. The molecular weight excluding hydrogens is 1110 g/mol. The molecule has 0 spiro atoms. The van der Waals surface area contributed by atoms with Gasteiger partial charge in [0.1, 0.15) is 6.54 Å². The van der Waals surface area contributed by atoms with Crippen LogP contribution >= 0.6 is 0 Å². The zero-order valence-electron chi connectivity index (χ0n) is 47.0. The Bertz CT molecular complexity index is 4850. The highest BCUT2D eigenvalue weighted by Crippen LogP contribution is 2.25. The van der Waals surface area contributed by atoms with E-state index < -0.39 is 12.7 Å². The minimum absolute atomic E-state index is 0.188. The van der Waals surface area contributed by atoms with Crippen molar-refractivity contribution in [2.75, 3.05) is 0 Å². The highest BCUT2D eigenvalue weighted by atomic mass is 19.4. The van der Waals surface area contributed by atoms with E-state index in [9.17, 15) is 13.2 Å². The third-order valence-electron chi connectivity index (χ3n) is 13.9. The highest BCUT2D eigenvalue weighted by Gasteiger charge is 2.28. The van der Waals surface area contributed by atoms with Crippen LogP contribution in [-0.2, 0) is 44.6 Å². The number of ether oxygens (including phenoxy) is 1. The van der Waals surface area contributed by atoms with Crippen molar-refractivity contribution in [3.63, 3.8) is 0 Å². The van der Waals surface area contributed by atoms with E-state index in [-0.39, 0.29) is 6.10 Å². The van der Waals surface area contributed by atoms with Crippen LogP contribution in [0, 0.1) is 0 Å². The molecule has 25 nitrogen and oxygen atoms in total. The van der Waals surface area contributed by atoms with Gasteiger partial charge in [0.15, 0.2) is 16.9 Å². The van der Waals surface area contributed by atoms with Gasteiger partial charge < -0.3 is 17.9 Å². The summed E-state index contributed by atoms with van der Waals surface area (Å²) in [5, 5.41) is 37.3. The fourth-order valence-corrected chi connectivity index (χ4v) is 9.61. The smallest absolute Gasteiger partial charge is 0.373 e. The van der Waals surface area contributed by atoms with E-state index in [1.165, 1.54) is 18.6 Å². The zero-order valence-corrected chi connectivity index (χ0v) is 47.0. The molecule has 0 unspecified atom stereocenters. The minimum atomic E-state index is -4.34. The van der Waals surface area contributed by atoms with Crippen LogP contribution in [0.4, 0.5) is 13.2 Å². The number of aromatic nitrogens is 24. The molecule has 0 atom stereocenters. The molecule has 15 heterocycles. The molecule has 15 aromatic rings. The third-order valence-corrected chi connectivity index (χ3v) is 13.9. The number of aryl methyl sites for hydroxylation is 1. The molecule has 0 aliphatic heterocycles. The number of alkyl halides is 3. The molecule has 0 aliphatic rings. The van der Waals surface area contributed by atoms with Gasteiger partial charge in [0.2, 0.25) is 16.9 Å². The van der Waals surface area contributed by atoms with Crippen molar-refractivity contribution in [2.45, 2.75) is 78.8 Å². The summed E-state index contributed by atoms with van der Waals surface area (Å²) in [5.74, 6) is 0. The Kier molecular flexibility index (Phi) is 14.3. The van der Waals surface area contributed by atoms with Crippen molar-refractivity contribution >= 4 is 50.4 Å². The number of hydrogen-bond donors (Lipinski definition) is 0. The quantitative estimate of drug-likeness (QED) is 0.0987. The lowest BCUT2D eigenvalue weighted by Crippen LogP contribution is -2.17. The Morgan fingerprint density at radius 3 is 1.47 bits per heavy atom. The number of hydrogen-bond acceptors (Lipinski definition) is 16. The molecule has 86 heavy (non-hydrogen) atoms. The minimum Gasteiger partial charge on any atom is -0.373 e. The van der Waals surface area contributed by atoms with Crippen LogP contribution < -0.4 is 0 Å². The number of nitrogens with zero attached hydrogens (tertiary/aromatic N) is 24. The van der Waals surface area contributed by atoms with Crippen molar-refractivity contribution in [3.05, 3.63) is 182 Å². The van der Waals surface area contributed by atoms with Crippen LogP contribution in [-0.4, -0.2) is 130 Å². The molecule has 432 valence electrons. The van der Waals surface area contributed by atoms with Gasteiger partial charge in [0.05, 0.1) is 86.6 Å². The van der Waals surface area contributed by atoms with E-state index in [0.29, 0.717) is 77.4 Å².